The third-order valence-electron chi connectivity index (χ3n) is 6.57. The molecule has 2 aromatic carbocycles. The van der Waals surface area contributed by atoms with E-state index in [0.29, 0.717) is 5.56 Å². The molecule has 0 spiro atoms. The van der Waals surface area contributed by atoms with E-state index in [4.69, 9.17) is 10.1 Å². The van der Waals surface area contributed by atoms with Gasteiger partial charge in [-0.05, 0) is 60.9 Å². The number of pyridine rings is 2. The van der Waals surface area contributed by atoms with Crippen molar-refractivity contribution in [1.29, 1.82) is 0 Å². The van der Waals surface area contributed by atoms with Crippen molar-refractivity contribution in [2.45, 2.75) is 25.8 Å². The van der Waals surface area contributed by atoms with Crippen LogP contribution in [-0.2, 0) is 13.0 Å². The third kappa shape index (κ3) is 3.35. The van der Waals surface area contributed by atoms with Crippen molar-refractivity contribution in [1.82, 2.24) is 19.7 Å². The predicted molar refractivity (Wildman–Crippen MR) is 131 cm³/mol. The molecule has 6 nitrogen and oxygen atoms in total. The summed E-state index contributed by atoms with van der Waals surface area (Å²) in [7, 11) is 0. The van der Waals surface area contributed by atoms with Crippen molar-refractivity contribution in [3.63, 3.8) is 0 Å². The van der Waals surface area contributed by atoms with Crippen molar-refractivity contribution in [2.75, 3.05) is 0 Å². The van der Waals surface area contributed by atoms with Gasteiger partial charge in [-0.25, -0.2) is 4.79 Å². The highest BCUT2D eigenvalue weighted by molar-refractivity contribution is 5.98. The number of hydrogen-bond donors (Lipinski definition) is 1. The highest BCUT2D eigenvalue weighted by atomic mass is 16.4. The van der Waals surface area contributed by atoms with E-state index in [0.717, 1.165) is 57.6 Å². The monoisotopic (exact) mass is 446 g/mol. The number of carboxylic acid groups (broad SMARTS) is 1. The summed E-state index contributed by atoms with van der Waals surface area (Å²) in [6.45, 7) is 2.73. The summed E-state index contributed by atoms with van der Waals surface area (Å²) in [5.41, 5.74) is 8.44. The molecule has 0 amide bonds. The first-order valence-corrected chi connectivity index (χ1v) is 11.3. The van der Waals surface area contributed by atoms with E-state index in [1.807, 2.05) is 61.7 Å². The smallest absolute Gasteiger partial charge is 0.335 e. The Balaban J connectivity index is 1.50. The van der Waals surface area contributed by atoms with E-state index in [2.05, 4.69) is 21.8 Å². The zero-order chi connectivity index (χ0) is 23.2. The first-order chi connectivity index (χ1) is 16.6. The number of aromatic carboxylic acids is 1. The number of carbonyl (C=O) groups is 1. The molecule has 1 unspecified atom stereocenters. The quantitative estimate of drug-likeness (QED) is 0.394. The standard InChI is InChI=1S/C28H22N4O2/c1-17-5-4-8-24(30-17)27-26(22-13-14-29-23-7-3-2-6-21(22)23)25-15-20(16-32(25)31-27)18-9-11-19(12-10-18)28(33)34/h2-14,20H,15-16H2,1H3,(H,33,34). The molecule has 1 aliphatic heterocycles. The van der Waals surface area contributed by atoms with Crippen LogP contribution in [0, 0.1) is 6.92 Å². The Bertz CT molecular complexity index is 1550. The molecule has 6 heteroatoms. The minimum Gasteiger partial charge on any atom is -0.478 e. The minimum absolute atomic E-state index is 0.233. The maximum absolute atomic E-state index is 11.3. The molecule has 3 aromatic heterocycles. The SMILES string of the molecule is Cc1cccc(-c2nn3c(c2-c2ccnc4ccccc24)CC(c2ccc(C(=O)O)cc2)C3)n1. The summed E-state index contributed by atoms with van der Waals surface area (Å²) in [6.07, 6.45) is 2.67. The average molecular weight is 447 g/mol. The number of rotatable bonds is 4. The van der Waals surface area contributed by atoms with Gasteiger partial charge in [0.1, 0.15) is 5.69 Å². The Hall–Kier alpha value is -4.32. The third-order valence-corrected chi connectivity index (χ3v) is 6.57. The van der Waals surface area contributed by atoms with Gasteiger partial charge in [-0.15, -0.1) is 0 Å². The lowest BCUT2D eigenvalue weighted by molar-refractivity contribution is 0.0697. The van der Waals surface area contributed by atoms with Crippen molar-refractivity contribution in [2.24, 2.45) is 0 Å². The molecule has 1 aliphatic rings. The van der Waals surface area contributed by atoms with Gasteiger partial charge in [-0.1, -0.05) is 36.4 Å². The fourth-order valence-corrected chi connectivity index (χ4v) is 4.93. The molecule has 1 atom stereocenters. The number of carboxylic acids is 1. The molecule has 0 bridgehead atoms. The molecule has 4 heterocycles. The molecule has 0 radical (unpaired) electrons. The first-order valence-electron chi connectivity index (χ1n) is 11.3. The van der Waals surface area contributed by atoms with E-state index in [9.17, 15) is 9.90 Å². The summed E-state index contributed by atoms with van der Waals surface area (Å²) >= 11 is 0. The molecule has 5 aromatic rings. The summed E-state index contributed by atoms with van der Waals surface area (Å²) < 4.78 is 2.10. The Labute approximate surface area is 196 Å². The fourth-order valence-electron chi connectivity index (χ4n) is 4.93. The van der Waals surface area contributed by atoms with Gasteiger partial charge in [-0.3, -0.25) is 14.6 Å². The van der Waals surface area contributed by atoms with Crippen molar-refractivity contribution >= 4 is 16.9 Å². The van der Waals surface area contributed by atoms with Gasteiger partial charge in [0, 0.05) is 41.0 Å². The lowest BCUT2D eigenvalue weighted by Gasteiger charge is -2.12. The fraction of sp³-hybridized carbons (Fsp3) is 0.143. The Morgan fingerprint density at radius 2 is 1.82 bits per heavy atom. The van der Waals surface area contributed by atoms with Crippen molar-refractivity contribution < 1.29 is 9.90 Å². The minimum atomic E-state index is -0.909. The van der Waals surface area contributed by atoms with Crippen molar-refractivity contribution in [3.8, 4) is 22.5 Å². The second kappa shape index (κ2) is 7.92. The molecule has 1 N–H and O–H groups in total. The van der Waals surface area contributed by atoms with Crippen molar-refractivity contribution in [3.05, 3.63) is 102 Å². The van der Waals surface area contributed by atoms with Crippen LogP contribution in [-0.4, -0.2) is 30.8 Å². The van der Waals surface area contributed by atoms with E-state index in [-0.39, 0.29) is 5.92 Å². The van der Waals surface area contributed by atoms with E-state index in [1.54, 1.807) is 12.1 Å². The summed E-state index contributed by atoms with van der Waals surface area (Å²) in [6, 6.07) is 23.5. The number of fused-ring (bicyclic) bond motifs is 2. The average Bonchev–Trinajstić information content (AvgIpc) is 3.42. The van der Waals surface area contributed by atoms with Crippen LogP contribution in [0.15, 0.2) is 79.0 Å². The highest BCUT2D eigenvalue weighted by Gasteiger charge is 2.31. The number of aromatic nitrogens is 4. The summed E-state index contributed by atoms with van der Waals surface area (Å²) in [5, 5.41) is 15.4. The molecule has 0 saturated carbocycles. The number of hydrogen-bond acceptors (Lipinski definition) is 4. The lowest BCUT2D eigenvalue weighted by Crippen LogP contribution is -2.04. The zero-order valence-electron chi connectivity index (χ0n) is 18.6. The van der Waals surface area contributed by atoms with E-state index >= 15 is 0 Å². The normalized spacial score (nSPS) is 14.9. The van der Waals surface area contributed by atoms with Crippen LogP contribution >= 0.6 is 0 Å². The number of para-hydroxylation sites is 1. The molecular weight excluding hydrogens is 424 g/mol. The number of benzene rings is 2. The van der Waals surface area contributed by atoms with Gasteiger partial charge < -0.3 is 5.11 Å². The van der Waals surface area contributed by atoms with Gasteiger partial charge in [-0.2, -0.15) is 5.10 Å². The van der Waals surface area contributed by atoms with Gasteiger partial charge >= 0.3 is 5.97 Å². The lowest BCUT2D eigenvalue weighted by atomic mass is 9.92. The van der Waals surface area contributed by atoms with Gasteiger partial charge in [0.15, 0.2) is 0 Å². The van der Waals surface area contributed by atoms with Crippen LogP contribution in [0.1, 0.15) is 33.2 Å². The molecule has 0 fully saturated rings. The van der Waals surface area contributed by atoms with Crippen LogP contribution in [0.3, 0.4) is 0 Å². The number of aryl methyl sites for hydroxylation is 1. The Morgan fingerprint density at radius 1 is 1.00 bits per heavy atom. The molecule has 0 saturated heterocycles. The van der Waals surface area contributed by atoms with E-state index < -0.39 is 5.97 Å². The van der Waals surface area contributed by atoms with Gasteiger partial charge in [0.05, 0.1) is 16.8 Å². The topological polar surface area (TPSA) is 80.9 Å². The predicted octanol–water partition coefficient (Wildman–Crippen LogP) is 5.51. The molecular formula is C28H22N4O2. The van der Waals surface area contributed by atoms with Crippen LogP contribution in [0.2, 0.25) is 0 Å². The van der Waals surface area contributed by atoms with Crippen LogP contribution in [0.4, 0.5) is 0 Å². The largest absolute Gasteiger partial charge is 0.478 e. The maximum Gasteiger partial charge on any atom is 0.335 e. The van der Waals surface area contributed by atoms with Gasteiger partial charge in [0.2, 0.25) is 0 Å². The van der Waals surface area contributed by atoms with Gasteiger partial charge in [0.25, 0.3) is 0 Å². The maximum atomic E-state index is 11.3. The first kappa shape index (κ1) is 20.3. The van der Waals surface area contributed by atoms with E-state index in [1.165, 1.54) is 5.69 Å². The summed E-state index contributed by atoms with van der Waals surface area (Å²) in [5.74, 6) is -0.676. The van der Waals surface area contributed by atoms with Crippen LogP contribution in [0.5, 0.6) is 0 Å². The molecule has 34 heavy (non-hydrogen) atoms. The summed E-state index contributed by atoms with van der Waals surface area (Å²) in [4.78, 5) is 20.6. The molecule has 0 aliphatic carbocycles. The van der Waals surface area contributed by atoms with Crippen LogP contribution < -0.4 is 0 Å². The number of nitrogens with zero attached hydrogens (tertiary/aromatic N) is 4. The zero-order valence-corrected chi connectivity index (χ0v) is 18.6. The van der Waals surface area contributed by atoms with Crippen LogP contribution in [0.25, 0.3) is 33.4 Å². The Morgan fingerprint density at radius 3 is 2.62 bits per heavy atom. The Kier molecular flexibility index (Phi) is 4.73. The highest BCUT2D eigenvalue weighted by Crippen LogP contribution is 2.42. The molecule has 6 rings (SSSR count). The molecule has 166 valence electrons. The second-order valence-electron chi connectivity index (χ2n) is 8.72. The second-order valence-corrected chi connectivity index (χ2v) is 8.72.